The highest BCUT2D eigenvalue weighted by atomic mass is 16.2. The average Bonchev–Trinajstić information content (AvgIpc) is 3.21. The fourth-order valence-corrected chi connectivity index (χ4v) is 4.28. The van der Waals surface area contributed by atoms with Gasteiger partial charge in [-0.15, -0.1) is 0 Å². The van der Waals surface area contributed by atoms with Gasteiger partial charge in [-0.3, -0.25) is 24.2 Å². The van der Waals surface area contributed by atoms with E-state index in [-0.39, 0.29) is 24.3 Å². The zero-order chi connectivity index (χ0) is 23.4. The van der Waals surface area contributed by atoms with Crippen LogP contribution in [0.5, 0.6) is 0 Å². The van der Waals surface area contributed by atoms with Gasteiger partial charge in [-0.05, 0) is 43.2 Å². The van der Waals surface area contributed by atoms with Crippen molar-refractivity contribution in [2.75, 3.05) is 13.1 Å². The van der Waals surface area contributed by atoms with Crippen molar-refractivity contribution in [2.45, 2.75) is 38.9 Å². The van der Waals surface area contributed by atoms with E-state index < -0.39 is 6.04 Å². The molecule has 8 nitrogen and oxygen atoms in total. The van der Waals surface area contributed by atoms with E-state index in [1.807, 2.05) is 63.5 Å². The van der Waals surface area contributed by atoms with Crippen LogP contribution in [0.25, 0.3) is 22.4 Å². The minimum atomic E-state index is -0.429. The molecular weight excluding hydrogens is 416 g/mol. The Labute approximate surface area is 194 Å². The number of amides is 2. The molecule has 1 fully saturated rings. The topological polar surface area (TPSA) is 92.2 Å². The molecule has 3 aromatic rings. The molecule has 1 atom stereocenters. The molecule has 2 aromatic heterocycles. The van der Waals surface area contributed by atoms with Gasteiger partial charge in [-0.2, -0.15) is 5.10 Å². The second-order valence-electron chi connectivity index (χ2n) is 8.62. The predicted molar refractivity (Wildman–Crippen MR) is 127 cm³/mol. The van der Waals surface area contributed by atoms with E-state index in [0.717, 1.165) is 34.5 Å². The van der Waals surface area contributed by atoms with E-state index in [4.69, 9.17) is 0 Å². The average molecular weight is 447 g/mol. The maximum absolute atomic E-state index is 12.7. The van der Waals surface area contributed by atoms with Crippen LogP contribution in [-0.2, 0) is 23.2 Å². The molecule has 33 heavy (non-hydrogen) atoms. The van der Waals surface area contributed by atoms with Gasteiger partial charge >= 0.3 is 0 Å². The molecule has 2 N–H and O–H groups in total. The summed E-state index contributed by atoms with van der Waals surface area (Å²) in [5, 5.41) is 10.5. The van der Waals surface area contributed by atoms with Gasteiger partial charge in [0.25, 0.3) is 0 Å². The highest BCUT2D eigenvalue weighted by Gasteiger charge is 2.32. The summed E-state index contributed by atoms with van der Waals surface area (Å²) in [6, 6.07) is 11.7. The van der Waals surface area contributed by atoms with Crippen molar-refractivity contribution in [3.05, 3.63) is 60.6 Å². The Morgan fingerprint density at radius 1 is 1.21 bits per heavy atom. The lowest BCUT2D eigenvalue weighted by molar-refractivity contribution is -0.134. The molecule has 1 saturated heterocycles. The summed E-state index contributed by atoms with van der Waals surface area (Å²) >= 11 is 0. The lowest BCUT2D eigenvalue weighted by Gasteiger charge is -2.37. The number of piperazine rings is 1. The summed E-state index contributed by atoms with van der Waals surface area (Å²) in [4.78, 5) is 31.2. The van der Waals surface area contributed by atoms with Crippen molar-refractivity contribution in [1.29, 1.82) is 0 Å². The molecule has 4 rings (SSSR count). The number of benzene rings is 1. The van der Waals surface area contributed by atoms with Crippen LogP contribution in [-0.4, -0.2) is 56.7 Å². The van der Waals surface area contributed by atoms with E-state index in [9.17, 15) is 9.59 Å². The first-order valence-corrected chi connectivity index (χ1v) is 11.3. The minimum Gasteiger partial charge on any atom is -0.353 e. The van der Waals surface area contributed by atoms with Crippen LogP contribution in [0.2, 0.25) is 0 Å². The molecule has 0 bridgehead atoms. The van der Waals surface area contributed by atoms with E-state index in [1.54, 1.807) is 17.1 Å². The van der Waals surface area contributed by atoms with Crippen LogP contribution in [0.3, 0.4) is 0 Å². The van der Waals surface area contributed by atoms with Crippen molar-refractivity contribution in [2.24, 2.45) is 7.05 Å². The molecule has 0 spiro atoms. The molecule has 0 unspecified atom stereocenters. The number of aryl methyl sites for hydroxylation is 1. The van der Waals surface area contributed by atoms with E-state index in [2.05, 4.69) is 25.6 Å². The van der Waals surface area contributed by atoms with Crippen molar-refractivity contribution in [3.8, 4) is 22.4 Å². The van der Waals surface area contributed by atoms with Crippen molar-refractivity contribution < 1.29 is 9.59 Å². The second-order valence-corrected chi connectivity index (χ2v) is 8.62. The van der Waals surface area contributed by atoms with Crippen molar-refractivity contribution in [3.63, 3.8) is 0 Å². The van der Waals surface area contributed by atoms with E-state index >= 15 is 0 Å². The number of hydrogen-bond donors (Lipinski definition) is 2. The number of nitrogens with zero attached hydrogens (tertiary/aromatic N) is 4. The first-order valence-electron chi connectivity index (χ1n) is 11.3. The Balaban J connectivity index is 1.45. The van der Waals surface area contributed by atoms with Crippen LogP contribution < -0.4 is 10.6 Å². The molecule has 172 valence electrons. The first-order chi connectivity index (χ1) is 15.9. The maximum Gasteiger partial charge on any atom is 0.237 e. The summed E-state index contributed by atoms with van der Waals surface area (Å²) in [5.74, 6) is -0.214. The van der Waals surface area contributed by atoms with Crippen molar-refractivity contribution >= 4 is 11.8 Å². The Hall–Kier alpha value is -3.52. The molecule has 0 radical (unpaired) electrons. The van der Waals surface area contributed by atoms with Gasteiger partial charge in [0.1, 0.15) is 5.69 Å². The first kappa shape index (κ1) is 22.7. The minimum absolute atomic E-state index is 0.0779. The summed E-state index contributed by atoms with van der Waals surface area (Å²) in [6.45, 7) is 5.87. The molecule has 0 aliphatic carbocycles. The third-order valence-electron chi connectivity index (χ3n) is 5.92. The Morgan fingerprint density at radius 3 is 2.76 bits per heavy atom. The molecule has 8 heteroatoms. The molecule has 1 aliphatic heterocycles. The van der Waals surface area contributed by atoms with Gasteiger partial charge in [-0.1, -0.05) is 18.2 Å². The maximum atomic E-state index is 12.7. The number of nitrogens with one attached hydrogen (secondary N) is 2. The number of aromatic nitrogens is 3. The summed E-state index contributed by atoms with van der Waals surface area (Å²) in [7, 11) is 1.90. The number of rotatable bonds is 7. The van der Waals surface area contributed by atoms with Crippen molar-refractivity contribution in [1.82, 2.24) is 30.3 Å². The van der Waals surface area contributed by atoms with Gasteiger partial charge < -0.3 is 10.6 Å². The Morgan fingerprint density at radius 2 is 2.00 bits per heavy atom. The monoisotopic (exact) mass is 446 g/mol. The third kappa shape index (κ3) is 5.28. The fourth-order valence-electron chi connectivity index (χ4n) is 4.28. The van der Waals surface area contributed by atoms with Crippen LogP contribution in [0.15, 0.2) is 55.0 Å². The van der Waals surface area contributed by atoms with Gasteiger partial charge in [0.15, 0.2) is 0 Å². The lowest BCUT2D eigenvalue weighted by Crippen LogP contribution is -2.58. The van der Waals surface area contributed by atoms with Gasteiger partial charge in [0.05, 0.1) is 12.5 Å². The highest BCUT2D eigenvalue weighted by Crippen LogP contribution is 2.30. The molecule has 1 aliphatic rings. The predicted octanol–water partition coefficient (Wildman–Crippen LogP) is 2.36. The molecule has 1 aromatic carbocycles. The number of pyridine rings is 1. The smallest absolute Gasteiger partial charge is 0.237 e. The normalized spacial score (nSPS) is 16.6. The number of carbonyl (C=O) groups is 2. The summed E-state index contributed by atoms with van der Waals surface area (Å²) in [5.41, 5.74) is 4.90. The molecule has 0 saturated carbocycles. The van der Waals surface area contributed by atoms with Gasteiger partial charge in [0.2, 0.25) is 11.8 Å². The molecule has 3 heterocycles. The third-order valence-corrected chi connectivity index (χ3v) is 5.92. The molecule has 2 amide bonds. The van der Waals surface area contributed by atoms with Gasteiger partial charge in [-0.25, -0.2) is 0 Å². The largest absolute Gasteiger partial charge is 0.353 e. The highest BCUT2D eigenvalue weighted by molar-refractivity contribution is 5.89. The molecular formula is C25H30N6O2. The number of carbonyl (C=O) groups excluding carboxylic acids is 2. The van der Waals surface area contributed by atoms with E-state index in [0.29, 0.717) is 13.1 Å². The fraction of sp³-hybridized carbons (Fsp3) is 0.360. The van der Waals surface area contributed by atoms with Gasteiger partial charge in [0, 0.05) is 62.4 Å². The Bertz CT molecular complexity index is 1120. The van der Waals surface area contributed by atoms with E-state index in [1.165, 1.54) is 0 Å². The van der Waals surface area contributed by atoms with Crippen LogP contribution in [0.1, 0.15) is 25.8 Å². The summed E-state index contributed by atoms with van der Waals surface area (Å²) in [6.07, 6.45) is 5.68. The standard InChI is InChI=1S/C25H30N6O2/c1-17(2)31-12-11-27-25(33)22(31)14-23(32)28-15-18-5-4-6-20(13-18)24-21(16-30(3)29-24)19-7-9-26-10-8-19/h4-10,13,16-17,22H,11-12,14-15H2,1-3H3,(H,27,33)(H,28,32)/t22-/m1/s1. The quantitative estimate of drug-likeness (QED) is 0.581. The number of hydrogen-bond acceptors (Lipinski definition) is 5. The Kier molecular flexibility index (Phi) is 6.84. The second kappa shape index (κ2) is 9.95. The summed E-state index contributed by atoms with van der Waals surface area (Å²) < 4.78 is 1.80. The van der Waals surface area contributed by atoms with Crippen LogP contribution in [0.4, 0.5) is 0 Å². The zero-order valence-electron chi connectivity index (χ0n) is 19.3. The zero-order valence-corrected chi connectivity index (χ0v) is 19.3. The lowest BCUT2D eigenvalue weighted by atomic mass is 10.0. The van der Waals surface area contributed by atoms with Crippen LogP contribution in [0, 0.1) is 0 Å². The van der Waals surface area contributed by atoms with Crippen LogP contribution >= 0.6 is 0 Å². The SMILES string of the molecule is CC(C)N1CCNC(=O)[C@H]1CC(=O)NCc1cccc(-c2nn(C)cc2-c2ccncc2)c1.